The molecule has 2 heterocycles. The predicted molar refractivity (Wildman–Crippen MR) is 135 cm³/mol. The van der Waals surface area contributed by atoms with Gasteiger partial charge in [0.1, 0.15) is 11.6 Å². The third-order valence-corrected chi connectivity index (χ3v) is 8.12. The van der Waals surface area contributed by atoms with Crippen LogP contribution in [-0.2, 0) is 0 Å². The van der Waals surface area contributed by atoms with Gasteiger partial charge in [-0.3, -0.25) is 0 Å². The summed E-state index contributed by atoms with van der Waals surface area (Å²) in [4.78, 5) is 0. The highest BCUT2D eigenvalue weighted by molar-refractivity contribution is 7.36. The van der Waals surface area contributed by atoms with Crippen LogP contribution in [0, 0.1) is 11.6 Å². The van der Waals surface area contributed by atoms with Crippen molar-refractivity contribution >= 4 is 64.4 Å². The van der Waals surface area contributed by atoms with E-state index in [4.69, 9.17) is 0 Å². The van der Waals surface area contributed by atoms with Gasteiger partial charge in [0.25, 0.3) is 0 Å². The first-order valence-corrected chi connectivity index (χ1v) is 11.9. The van der Waals surface area contributed by atoms with Crippen LogP contribution in [0.25, 0.3) is 52.9 Å². The first kappa shape index (κ1) is 19.4. The maximum atomic E-state index is 13.3. The smallest absolute Gasteiger partial charge is 0.123 e. The lowest BCUT2D eigenvalue weighted by atomic mass is 10.0. The van der Waals surface area contributed by atoms with E-state index in [0.29, 0.717) is 0 Å². The molecule has 2 aromatic heterocycles. The Labute approximate surface area is 191 Å². The fourth-order valence-electron chi connectivity index (χ4n) is 3.96. The highest BCUT2D eigenvalue weighted by Crippen LogP contribution is 2.45. The van der Waals surface area contributed by atoms with Crippen LogP contribution in [0.1, 0.15) is 11.1 Å². The number of hydrogen-bond donors (Lipinski definition) is 0. The molecular weight excluding hydrogens is 438 g/mol. The SMILES string of the molecule is Fc1ccc(/C=C/c2ccc3c(c2)sc2c4ccc(-c5ccc(F)cc5)cc4sc32)cc1. The fourth-order valence-corrected chi connectivity index (χ4v) is 6.71. The molecule has 4 heteroatoms. The van der Waals surface area contributed by atoms with Crippen LogP contribution in [0.15, 0.2) is 84.9 Å². The van der Waals surface area contributed by atoms with Crippen LogP contribution in [0.5, 0.6) is 0 Å². The van der Waals surface area contributed by atoms with Crippen LogP contribution < -0.4 is 0 Å². The third-order valence-electron chi connectivity index (χ3n) is 5.62. The van der Waals surface area contributed by atoms with Gasteiger partial charge >= 0.3 is 0 Å². The van der Waals surface area contributed by atoms with Crippen LogP contribution in [0.2, 0.25) is 0 Å². The van der Waals surface area contributed by atoms with Gasteiger partial charge < -0.3 is 0 Å². The van der Waals surface area contributed by atoms with Gasteiger partial charge in [0.2, 0.25) is 0 Å². The predicted octanol–water partition coefficient (Wildman–Crippen LogP) is 9.38. The summed E-state index contributed by atoms with van der Waals surface area (Å²) in [7, 11) is 0. The summed E-state index contributed by atoms with van der Waals surface area (Å²) >= 11 is 3.63. The fraction of sp³-hybridized carbons (Fsp3) is 0. The van der Waals surface area contributed by atoms with E-state index in [0.717, 1.165) is 22.3 Å². The Hall–Kier alpha value is -3.34. The largest absolute Gasteiger partial charge is 0.207 e. The Morgan fingerprint density at radius 2 is 1.00 bits per heavy atom. The molecule has 154 valence electrons. The molecule has 0 aliphatic rings. The van der Waals surface area contributed by atoms with E-state index in [1.54, 1.807) is 12.1 Å². The van der Waals surface area contributed by atoms with E-state index in [2.05, 4.69) is 42.5 Å². The van der Waals surface area contributed by atoms with Gasteiger partial charge in [0.15, 0.2) is 0 Å². The van der Waals surface area contributed by atoms with Gasteiger partial charge in [-0.1, -0.05) is 60.7 Å². The van der Waals surface area contributed by atoms with Crippen molar-refractivity contribution in [1.29, 1.82) is 0 Å². The van der Waals surface area contributed by atoms with Crippen molar-refractivity contribution < 1.29 is 8.78 Å². The first-order chi connectivity index (χ1) is 15.6. The minimum absolute atomic E-state index is 0.218. The first-order valence-electron chi connectivity index (χ1n) is 10.2. The molecule has 6 aromatic rings. The molecule has 32 heavy (non-hydrogen) atoms. The molecule has 0 spiro atoms. The molecule has 0 fully saturated rings. The van der Waals surface area contributed by atoms with Crippen molar-refractivity contribution in [3.63, 3.8) is 0 Å². The van der Waals surface area contributed by atoms with Crippen LogP contribution >= 0.6 is 22.7 Å². The lowest BCUT2D eigenvalue weighted by Gasteiger charge is -2.02. The summed E-state index contributed by atoms with van der Waals surface area (Å²) in [6.45, 7) is 0. The zero-order chi connectivity index (χ0) is 21.7. The maximum Gasteiger partial charge on any atom is 0.123 e. The maximum absolute atomic E-state index is 13.3. The average Bonchev–Trinajstić information content (AvgIpc) is 3.34. The van der Waals surface area contributed by atoms with Gasteiger partial charge in [-0.15, -0.1) is 22.7 Å². The molecule has 0 radical (unpaired) electrons. The highest BCUT2D eigenvalue weighted by Gasteiger charge is 2.13. The summed E-state index contributed by atoms with van der Waals surface area (Å²) in [5, 5.41) is 2.54. The zero-order valence-corrected chi connectivity index (χ0v) is 18.4. The van der Waals surface area contributed by atoms with Crippen molar-refractivity contribution in [2.45, 2.75) is 0 Å². The van der Waals surface area contributed by atoms with Crippen LogP contribution in [0.3, 0.4) is 0 Å². The quantitative estimate of drug-likeness (QED) is 0.234. The molecule has 0 bridgehead atoms. The van der Waals surface area contributed by atoms with Gasteiger partial charge in [-0.05, 0) is 58.7 Å². The molecule has 0 nitrogen and oxygen atoms in total. The zero-order valence-electron chi connectivity index (χ0n) is 16.8. The van der Waals surface area contributed by atoms with Crippen molar-refractivity contribution in [1.82, 2.24) is 0 Å². The van der Waals surface area contributed by atoms with E-state index >= 15 is 0 Å². The molecule has 0 amide bonds. The summed E-state index contributed by atoms with van der Waals surface area (Å²) in [5.74, 6) is -0.441. The second kappa shape index (κ2) is 7.66. The monoisotopic (exact) mass is 454 g/mol. The number of rotatable bonds is 3. The molecule has 0 N–H and O–H groups in total. The lowest BCUT2D eigenvalue weighted by Crippen LogP contribution is -1.78. The topological polar surface area (TPSA) is 0 Å². The third kappa shape index (κ3) is 3.42. The van der Waals surface area contributed by atoms with Crippen LogP contribution in [-0.4, -0.2) is 0 Å². The Balaban J connectivity index is 1.39. The van der Waals surface area contributed by atoms with Gasteiger partial charge in [-0.2, -0.15) is 0 Å². The standard InChI is InChI=1S/C28H16F2S2/c29-21-9-3-17(4-10-21)1-2-18-5-13-23-25(15-18)31-28-24-14-8-20(16-26(24)32-27(23)28)19-6-11-22(30)12-7-19/h1-16H/b2-1+. The van der Waals surface area contributed by atoms with Gasteiger partial charge in [0.05, 0.1) is 9.40 Å². The van der Waals surface area contributed by atoms with Gasteiger partial charge in [0, 0.05) is 20.2 Å². The molecular formula is C28H16F2S2. The van der Waals surface area contributed by atoms with Crippen molar-refractivity contribution in [2.24, 2.45) is 0 Å². The number of fused-ring (bicyclic) bond motifs is 5. The van der Waals surface area contributed by atoms with Crippen molar-refractivity contribution in [3.05, 3.63) is 108 Å². The van der Waals surface area contributed by atoms with E-state index in [-0.39, 0.29) is 11.6 Å². The molecule has 4 aromatic carbocycles. The van der Waals surface area contributed by atoms with Crippen molar-refractivity contribution in [2.75, 3.05) is 0 Å². The average molecular weight is 455 g/mol. The second-order valence-electron chi connectivity index (χ2n) is 7.72. The van der Waals surface area contributed by atoms with E-state index in [1.807, 2.05) is 40.9 Å². The normalized spacial score (nSPS) is 11.9. The van der Waals surface area contributed by atoms with E-state index in [9.17, 15) is 8.78 Å². The summed E-state index contributed by atoms with van der Waals surface area (Å²) in [5.41, 5.74) is 4.22. The van der Waals surface area contributed by atoms with E-state index < -0.39 is 0 Å². The van der Waals surface area contributed by atoms with E-state index in [1.165, 1.54) is 53.8 Å². The minimum Gasteiger partial charge on any atom is -0.207 e. The Morgan fingerprint density at radius 3 is 1.69 bits per heavy atom. The molecule has 0 saturated heterocycles. The Morgan fingerprint density at radius 1 is 0.500 bits per heavy atom. The second-order valence-corrected chi connectivity index (χ2v) is 9.83. The highest BCUT2D eigenvalue weighted by atomic mass is 32.1. The molecule has 0 unspecified atom stereocenters. The molecule has 0 atom stereocenters. The molecule has 0 aliphatic heterocycles. The lowest BCUT2D eigenvalue weighted by molar-refractivity contribution is 0.627. The molecule has 6 rings (SSSR count). The summed E-state index contributed by atoms with van der Waals surface area (Å²) < 4.78 is 31.5. The molecule has 0 saturated carbocycles. The number of benzene rings is 4. The number of halogens is 2. The summed E-state index contributed by atoms with van der Waals surface area (Å²) in [6.07, 6.45) is 4.07. The van der Waals surface area contributed by atoms with Gasteiger partial charge in [-0.25, -0.2) is 8.78 Å². The number of hydrogen-bond acceptors (Lipinski definition) is 2. The molecule has 0 aliphatic carbocycles. The summed E-state index contributed by atoms with van der Waals surface area (Å²) in [6, 6.07) is 26.2. The minimum atomic E-state index is -0.223. The number of thiophene rings is 2. The Kier molecular flexibility index (Phi) is 4.63. The van der Waals surface area contributed by atoms with Crippen molar-refractivity contribution in [3.8, 4) is 11.1 Å². The van der Waals surface area contributed by atoms with Crippen LogP contribution in [0.4, 0.5) is 8.78 Å². The Bertz CT molecular complexity index is 1620.